The molecule has 1 amide bonds. The molecular weight excluding hydrogens is 317 g/mol. The second-order valence-electron chi connectivity index (χ2n) is 3.15. The van der Waals surface area contributed by atoms with Crippen molar-refractivity contribution in [3.63, 3.8) is 0 Å². The number of carbonyl (C=O) groups is 2. The first-order chi connectivity index (χ1) is 8.50. The Kier molecular flexibility index (Phi) is 3.91. The van der Waals surface area contributed by atoms with Crippen LogP contribution in [0.3, 0.4) is 0 Å². The first kappa shape index (κ1) is 13.4. The number of rotatable bonds is 3. The highest BCUT2D eigenvalue weighted by molar-refractivity contribution is 7.13. The Morgan fingerprint density at radius 3 is 2.44 bits per heavy atom. The van der Waals surface area contributed by atoms with Crippen molar-refractivity contribution in [1.29, 1.82) is 0 Å². The lowest BCUT2D eigenvalue weighted by Crippen LogP contribution is -2.10. The molecule has 0 radical (unpaired) electrons. The molecule has 2 rings (SSSR count). The summed E-state index contributed by atoms with van der Waals surface area (Å²) in [5.41, 5.74) is 0.272. The molecule has 2 aromatic heterocycles. The van der Waals surface area contributed by atoms with Crippen molar-refractivity contribution in [2.45, 2.75) is 0 Å². The number of anilines is 1. The van der Waals surface area contributed by atoms with E-state index in [0.29, 0.717) is 9.90 Å². The molecule has 0 aliphatic rings. The first-order valence-corrected chi connectivity index (χ1v) is 7.07. The molecule has 0 saturated heterocycles. The van der Waals surface area contributed by atoms with Gasteiger partial charge in [-0.1, -0.05) is 23.2 Å². The highest BCUT2D eigenvalue weighted by atomic mass is 35.5. The SMILES string of the molecule is O=C(Nc1csc(C(=O)O)c1Cl)c1sccc1Cl. The fourth-order valence-corrected chi connectivity index (χ4v) is 3.35. The highest BCUT2D eigenvalue weighted by Gasteiger charge is 2.19. The lowest BCUT2D eigenvalue weighted by atomic mass is 10.4. The van der Waals surface area contributed by atoms with Gasteiger partial charge < -0.3 is 10.4 Å². The van der Waals surface area contributed by atoms with Gasteiger partial charge in [-0.15, -0.1) is 22.7 Å². The zero-order chi connectivity index (χ0) is 13.3. The van der Waals surface area contributed by atoms with Gasteiger partial charge in [0.05, 0.1) is 15.7 Å². The third-order valence-electron chi connectivity index (χ3n) is 2.00. The van der Waals surface area contributed by atoms with Crippen LogP contribution in [0.5, 0.6) is 0 Å². The molecule has 0 aromatic carbocycles. The maximum absolute atomic E-state index is 11.8. The van der Waals surface area contributed by atoms with Gasteiger partial charge in [-0.2, -0.15) is 0 Å². The van der Waals surface area contributed by atoms with Crippen molar-refractivity contribution in [2.75, 3.05) is 5.32 Å². The van der Waals surface area contributed by atoms with Gasteiger partial charge in [-0.05, 0) is 11.4 Å². The van der Waals surface area contributed by atoms with E-state index in [4.69, 9.17) is 28.3 Å². The second kappa shape index (κ2) is 5.27. The molecule has 0 atom stereocenters. The maximum atomic E-state index is 11.8. The maximum Gasteiger partial charge on any atom is 0.347 e. The zero-order valence-corrected chi connectivity index (χ0v) is 11.7. The third kappa shape index (κ3) is 2.51. The summed E-state index contributed by atoms with van der Waals surface area (Å²) < 4.78 is 0. The van der Waals surface area contributed by atoms with Crippen LogP contribution in [-0.2, 0) is 0 Å². The van der Waals surface area contributed by atoms with E-state index in [0.717, 1.165) is 11.3 Å². The largest absolute Gasteiger partial charge is 0.477 e. The van der Waals surface area contributed by atoms with Crippen LogP contribution in [0.25, 0.3) is 0 Å². The Morgan fingerprint density at radius 2 is 1.94 bits per heavy atom. The van der Waals surface area contributed by atoms with Crippen LogP contribution in [0.1, 0.15) is 19.3 Å². The van der Waals surface area contributed by atoms with Crippen LogP contribution < -0.4 is 5.32 Å². The molecule has 0 fully saturated rings. The van der Waals surface area contributed by atoms with E-state index in [2.05, 4.69) is 5.32 Å². The fourth-order valence-electron chi connectivity index (χ4n) is 1.21. The van der Waals surface area contributed by atoms with Crippen molar-refractivity contribution >= 4 is 63.4 Å². The monoisotopic (exact) mass is 321 g/mol. The number of aromatic carboxylic acids is 1. The van der Waals surface area contributed by atoms with Gasteiger partial charge >= 0.3 is 5.97 Å². The van der Waals surface area contributed by atoms with E-state index in [-0.39, 0.29) is 15.6 Å². The van der Waals surface area contributed by atoms with Crippen molar-refractivity contribution < 1.29 is 14.7 Å². The summed E-state index contributed by atoms with van der Waals surface area (Å²) in [5, 5.41) is 14.9. The van der Waals surface area contributed by atoms with Crippen LogP contribution in [0.4, 0.5) is 5.69 Å². The minimum Gasteiger partial charge on any atom is -0.477 e. The van der Waals surface area contributed by atoms with Gasteiger partial charge in [0.25, 0.3) is 5.91 Å². The Balaban J connectivity index is 2.23. The number of carbonyl (C=O) groups excluding carboxylic acids is 1. The molecule has 0 aliphatic carbocycles. The number of amides is 1. The summed E-state index contributed by atoms with van der Waals surface area (Å²) in [6.07, 6.45) is 0. The summed E-state index contributed by atoms with van der Waals surface area (Å²) in [5.74, 6) is -1.54. The van der Waals surface area contributed by atoms with Gasteiger partial charge in [0, 0.05) is 5.38 Å². The molecule has 18 heavy (non-hydrogen) atoms. The molecule has 0 bridgehead atoms. The number of nitrogens with one attached hydrogen (secondary N) is 1. The van der Waals surface area contributed by atoms with Gasteiger partial charge in [0.1, 0.15) is 9.75 Å². The molecule has 0 spiro atoms. The second-order valence-corrected chi connectivity index (χ2v) is 5.73. The summed E-state index contributed by atoms with van der Waals surface area (Å²) in [7, 11) is 0. The van der Waals surface area contributed by atoms with E-state index in [9.17, 15) is 9.59 Å². The number of thiophene rings is 2. The van der Waals surface area contributed by atoms with Crippen LogP contribution in [-0.4, -0.2) is 17.0 Å². The number of hydrogen-bond donors (Lipinski definition) is 2. The average molecular weight is 322 g/mol. The van der Waals surface area contributed by atoms with Crippen LogP contribution in [0, 0.1) is 0 Å². The van der Waals surface area contributed by atoms with Gasteiger partial charge in [-0.3, -0.25) is 4.79 Å². The molecule has 94 valence electrons. The predicted octanol–water partition coefficient (Wildman–Crippen LogP) is 4.07. The number of halogens is 2. The molecular formula is C10H5Cl2NO3S2. The Labute approximate surface area is 120 Å². The number of hydrogen-bond acceptors (Lipinski definition) is 4. The zero-order valence-electron chi connectivity index (χ0n) is 8.57. The standard InChI is InChI=1S/C10H5Cl2NO3S2/c11-4-1-2-17-7(4)9(14)13-5-3-18-8(6(5)12)10(15)16/h1-3H,(H,13,14)(H,15,16). The summed E-state index contributed by atoms with van der Waals surface area (Å²) in [6.45, 7) is 0. The van der Waals surface area contributed by atoms with Crippen LogP contribution >= 0.6 is 45.9 Å². The highest BCUT2D eigenvalue weighted by Crippen LogP contribution is 2.33. The van der Waals surface area contributed by atoms with Crippen molar-refractivity contribution in [2.24, 2.45) is 0 Å². The van der Waals surface area contributed by atoms with Crippen molar-refractivity contribution in [3.05, 3.63) is 36.6 Å². The van der Waals surface area contributed by atoms with Gasteiger partial charge in [0.15, 0.2) is 0 Å². The number of carboxylic acids is 1. The normalized spacial score (nSPS) is 10.3. The molecule has 2 N–H and O–H groups in total. The molecule has 0 unspecified atom stereocenters. The van der Waals surface area contributed by atoms with E-state index in [1.807, 2.05) is 0 Å². The van der Waals surface area contributed by atoms with E-state index < -0.39 is 11.9 Å². The van der Waals surface area contributed by atoms with Crippen LogP contribution in [0.2, 0.25) is 10.0 Å². The summed E-state index contributed by atoms with van der Waals surface area (Å²) >= 11 is 13.8. The molecule has 2 aromatic rings. The van der Waals surface area contributed by atoms with Crippen molar-refractivity contribution in [1.82, 2.24) is 0 Å². The van der Waals surface area contributed by atoms with E-state index in [1.54, 1.807) is 11.4 Å². The summed E-state index contributed by atoms with van der Waals surface area (Å²) in [4.78, 5) is 23.0. The minimum atomic E-state index is -1.13. The quantitative estimate of drug-likeness (QED) is 0.895. The average Bonchev–Trinajstić information content (AvgIpc) is 2.86. The summed E-state index contributed by atoms with van der Waals surface area (Å²) in [6, 6.07) is 1.61. The first-order valence-electron chi connectivity index (χ1n) is 4.55. The Bertz CT molecular complexity index is 620. The predicted molar refractivity (Wildman–Crippen MR) is 73.6 cm³/mol. The lowest BCUT2D eigenvalue weighted by Gasteiger charge is -2.02. The van der Waals surface area contributed by atoms with E-state index in [1.165, 1.54) is 16.7 Å². The fraction of sp³-hybridized carbons (Fsp3) is 0. The van der Waals surface area contributed by atoms with Gasteiger partial charge in [0.2, 0.25) is 0 Å². The van der Waals surface area contributed by atoms with Crippen molar-refractivity contribution in [3.8, 4) is 0 Å². The number of carboxylic acid groups (broad SMARTS) is 1. The lowest BCUT2D eigenvalue weighted by molar-refractivity contribution is 0.0702. The molecule has 2 heterocycles. The molecule has 8 heteroatoms. The topological polar surface area (TPSA) is 66.4 Å². The van der Waals surface area contributed by atoms with E-state index >= 15 is 0 Å². The molecule has 0 saturated carbocycles. The molecule has 0 aliphatic heterocycles. The third-order valence-corrected chi connectivity index (χ3v) is 4.81. The van der Waals surface area contributed by atoms with Crippen LogP contribution in [0.15, 0.2) is 16.8 Å². The smallest absolute Gasteiger partial charge is 0.347 e. The Morgan fingerprint density at radius 1 is 1.22 bits per heavy atom. The Hall–Kier alpha value is -1.08. The van der Waals surface area contributed by atoms with Gasteiger partial charge in [-0.25, -0.2) is 4.79 Å². The molecule has 4 nitrogen and oxygen atoms in total. The minimum absolute atomic E-state index is 0.00996.